The number of nitrogens with zero attached hydrogens (tertiary/aromatic N) is 4. The molecule has 0 saturated carbocycles. The molecule has 1 aliphatic heterocycles. The molecule has 1 aliphatic rings. The lowest BCUT2D eigenvalue weighted by Crippen LogP contribution is -2.46. The van der Waals surface area contributed by atoms with Crippen molar-refractivity contribution in [2.45, 2.75) is 63.4 Å². The van der Waals surface area contributed by atoms with E-state index in [-0.39, 0.29) is 48.7 Å². The number of benzene rings is 1. The van der Waals surface area contributed by atoms with Crippen molar-refractivity contribution in [2.75, 3.05) is 37.8 Å². The highest BCUT2D eigenvalue weighted by molar-refractivity contribution is 8.13. The number of rotatable bonds is 22. The summed E-state index contributed by atoms with van der Waals surface area (Å²) in [6, 6.07) is 8.94. The Labute approximate surface area is 339 Å². The van der Waals surface area contributed by atoms with Crippen LogP contribution in [0.1, 0.15) is 32.1 Å². The van der Waals surface area contributed by atoms with E-state index in [4.69, 9.17) is 19.5 Å². The zero-order chi connectivity index (χ0) is 43.8. The van der Waals surface area contributed by atoms with E-state index in [0.717, 1.165) is 34.5 Å². The number of amides is 2. The summed E-state index contributed by atoms with van der Waals surface area (Å²) in [7, 11) is -16.4. The van der Waals surface area contributed by atoms with Crippen LogP contribution in [-0.4, -0.2) is 134 Å². The third-order valence-corrected chi connectivity index (χ3v) is 12.4. The summed E-state index contributed by atoms with van der Waals surface area (Å²) in [6.45, 7) is 0.270. The third-order valence-electron chi connectivity index (χ3n) is 8.29. The molecular formula is C30H44N7O18P3S. The van der Waals surface area contributed by atoms with Crippen molar-refractivity contribution in [1.82, 2.24) is 30.2 Å². The first-order valence-corrected chi connectivity index (χ1v) is 22.8. The molecule has 3 heterocycles. The topological polar surface area (TPSA) is 384 Å². The number of aliphatic hydroxyl groups excluding tert-OH is 3. The number of nitrogens with two attached hydrogens (primary N) is 1. The average Bonchev–Trinajstić information content (AvgIpc) is 3.71. The van der Waals surface area contributed by atoms with Crippen LogP contribution in [0.15, 0.2) is 43.0 Å². The monoisotopic (exact) mass is 915 g/mol. The van der Waals surface area contributed by atoms with Gasteiger partial charge in [0.15, 0.2) is 17.7 Å². The minimum absolute atomic E-state index is 0.0239. The first-order chi connectivity index (χ1) is 27.5. The Morgan fingerprint density at radius 1 is 1.00 bits per heavy atom. The SMILES string of the molecule is CC(C)(COP(=O)(O)OP(=O)(O)OC[C@@H]1O[C@H](n2cnc3c(N)ncnc32)[C@H](O)[C@@H]1OP(=O)(O)O)C(O)C(=O)NCCC(=O)NCCSC(=O)[C@@H](O)Cc1ccccc1. The number of fused-ring (bicyclic) bond motifs is 1. The van der Waals surface area contributed by atoms with Crippen molar-refractivity contribution in [3.63, 3.8) is 0 Å². The van der Waals surface area contributed by atoms with Gasteiger partial charge in [0.05, 0.1) is 19.5 Å². The zero-order valence-corrected chi connectivity index (χ0v) is 34.7. The number of hydrogen-bond acceptors (Lipinski definition) is 19. The lowest BCUT2D eigenvalue weighted by atomic mass is 9.87. The summed E-state index contributed by atoms with van der Waals surface area (Å²) >= 11 is 0.848. The van der Waals surface area contributed by atoms with Crippen LogP contribution < -0.4 is 16.4 Å². The van der Waals surface area contributed by atoms with Crippen LogP contribution in [0.4, 0.5) is 5.82 Å². The van der Waals surface area contributed by atoms with Crippen LogP contribution in [0.2, 0.25) is 0 Å². The van der Waals surface area contributed by atoms with Crippen LogP contribution >= 0.6 is 35.2 Å². The Morgan fingerprint density at radius 3 is 2.36 bits per heavy atom. The average molecular weight is 916 g/mol. The van der Waals surface area contributed by atoms with Gasteiger partial charge in [-0.05, 0) is 5.56 Å². The maximum atomic E-state index is 12.7. The molecule has 2 amide bonds. The lowest BCUT2D eigenvalue weighted by Gasteiger charge is -2.30. The molecule has 1 saturated heterocycles. The molecule has 0 radical (unpaired) electrons. The number of aromatic nitrogens is 4. The number of phosphoric ester groups is 3. The number of nitrogen functional groups attached to an aromatic ring is 1. The van der Waals surface area contributed by atoms with Crippen LogP contribution in [-0.2, 0) is 57.1 Å². The molecule has 3 aromatic rings. The van der Waals surface area contributed by atoms with E-state index in [2.05, 4.69) is 34.4 Å². The molecule has 2 aromatic heterocycles. The summed E-state index contributed by atoms with van der Waals surface area (Å²) < 4.78 is 62.1. The molecule has 25 nitrogen and oxygen atoms in total. The number of thioether (sulfide) groups is 1. The summed E-state index contributed by atoms with van der Waals surface area (Å²) in [6.07, 6.45) is -8.11. The minimum Gasteiger partial charge on any atom is -0.386 e. The summed E-state index contributed by atoms with van der Waals surface area (Å²) in [5.41, 5.74) is 5.01. The molecule has 4 rings (SSSR count). The van der Waals surface area contributed by atoms with E-state index in [1.807, 2.05) is 6.07 Å². The number of aliphatic hydroxyl groups is 3. The third kappa shape index (κ3) is 14.4. The predicted molar refractivity (Wildman–Crippen MR) is 203 cm³/mol. The van der Waals surface area contributed by atoms with Crippen LogP contribution in [0.5, 0.6) is 0 Å². The normalized spacial score (nSPS) is 21.6. The van der Waals surface area contributed by atoms with Gasteiger partial charge < -0.3 is 56.0 Å². The highest BCUT2D eigenvalue weighted by atomic mass is 32.2. The van der Waals surface area contributed by atoms with Gasteiger partial charge in [0.1, 0.15) is 42.4 Å². The highest BCUT2D eigenvalue weighted by Crippen LogP contribution is 2.61. The second-order valence-corrected chi connectivity index (χ2v) is 18.8. The number of phosphoric acid groups is 3. The van der Waals surface area contributed by atoms with Crippen molar-refractivity contribution < 1.29 is 85.6 Å². The Morgan fingerprint density at radius 2 is 1.68 bits per heavy atom. The molecule has 11 N–H and O–H groups in total. The van der Waals surface area contributed by atoms with Crippen molar-refractivity contribution >= 4 is 69.1 Å². The molecule has 0 bridgehead atoms. The van der Waals surface area contributed by atoms with Gasteiger partial charge >= 0.3 is 23.5 Å². The number of hydrogen-bond donors (Lipinski definition) is 10. The van der Waals surface area contributed by atoms with E-state index in [9.17, 15) is 63.0 Å². The number of ether oxygens (including phenoxy) is 1. The molecule has 328 valence electrons. The number of imidazole rings is 1. The summed E-state index contributed by atoms with van der Waals surface area (Å²) in [5, 5.41) is 36.0. The summed E-state index contributed by atoms with van der Waals surface area (Å²) in [5.74, 6) is -1.37. The zero-order valence-electron chi connectivity index (χ0n) is 31.2. The van der Waals surface area contributed by atoms with E-state index in [1.54, 1.807) is 24.3 Å². The maximum absolute atomic E-state index is 12.7. The fraction of sp³-hybridized carbons (Fsp3) is 0.533. The van der Waals surface area contributed by atoms with E-state index < -0.39 is 95.8 Å². The summed E-state index contributed by atoms with van der Waals surface area (Å²) in [4.78, 5) is 87.9. The van der Waals surface area contributed by atoms with Gasteiger partial charge in [0.25, 0.3) is 0 Å². The van der Waals surface area contributed by atoms with E-state index in [1.165, 1.54) is 13.8 Å². The van der Waals surface area contributed by atoms with Crippen LogP contribution in [0.25, 0.3) is 11.2 Å². The Balaban J connectivity index is 1.20. The molecule has 29 heteroatoms. The van der Waals surface area contributed by atoms with Crippen molar-refractivity contribution in [2.24, 2.45) is 5.41 Å². The van der Waals surface area contributed by atoms with Gasteiger partial charge in [0.2, 0.25) is 16.9 Å². The van der Waals surface area contributed by atoms with Crippen molar-refractivity contribution in [3.8, 4) is 0 Å². The van der Waals surface area contributed by atoms with Gasteiger partial charge in [0, 0.05) is 37.1 Å². The molecular weight excluding hydrogens is 871 g/mol. The minimum atomic E-state index is -5.59. The Bertz CT molecular complexity index is 2080. The Hall–Kier alpha value is -3.26. The fourth-order valence-electron chi connectivity index (χ4n) is 5.30. The van der Waals surface area contributed by atoms with Gasteiger partial charge in [-0.15, -0.1) is 0 Å². The predicted octanol–water partition coefficient (Wildman–Crippen LogP) is -0.732. The first kappa shape index (κ1) is 48.4. The Kier molecular flexibility index (Phi) is 16.8. The number of carbonyl (C=O) groups excluding carboxylic acids is 3. The van der Waals surface area contributed by atoms with Gasteiger partial charge in [-0.25, -0.2) is 28.6 Å². The molecule has 1 fully saturated rings. The number of carbonyl (C=O) groups is 3. The second kappa shape index (κ2) is 20.5. The maximum Gasteiger partial charge on any atom is 0.481 e. The van der Waals surface area contributed by atoms with Crippen LogP contribution in [0, 0.1) is 5.41 Å². The van der Waals surface area contributed by atoms with Crippen molar-refractivity contribution in [3.05, 3.63) is 48.5 Å². The van der Waals surface area contributed by atoms with Crippen molar-refractivity contribution in [1.29, 1.82) is 0 Å². The van der Waals surface area contributed by atoms with Gasteiger partial charge in [-0.2, -0.15) is 4.31 Å². The lowest BCUT2D eigenvalue weighted by molar-refractivity contribution is -0.137. The number of anilines is 1. The molecule has 3 unspecified atom stereocenters. The fourth-order valence-corrected chi connectivity index (χ4v) is 8.81. The second-order valence-electron chi connectivity index (χ2n) is 13.4. The molecule has 0 spiro atoms. The molecule has 0 aliphatic carbocycles. The molecule has 8 atom stereocenters. The molecule has 1 aromatic carbocycles. The standard InChI is InChI=1S/C30H44N7O18P3S/c1-30(2,24(41)27(42)33-9-8-20(39)32-10-11-59-29(43)18(38)12-17-6-4-3-5-7-17)14-52-58(49,50)55-57(47,48)51-13-19-23(54-56(44,45)46)22(40)28(53-19)37-16-36-21-25(31)34-15-35-26(21)37/h3-7,15-16,18-19,22-24,28,38,40-41H,8-14H2,1-2H3,(H,32,39)(H,33,42)(H,47,48)(H,49,50)(H2,31,34,35)(H2,44,45,46)/t18-,19-,22+,23+,24?,28-/m0/s1. The van der Waals surface area contributed by atoms with Gasteiger partial charge in [-0.3, -0.25) is 32.5 Å². The molecule has 59 heavy (non-hydrogen) atoms. The van der Waals surface area contributed by atoms with Gasteiger partial charge in [-0.1, -0.05) is 55.9 Å². The van der Waals surface area contributed by atoms with E-state index in [0.29, 0.717) is 0 Å². The smallest absolute Gasteiger partial charge is 0.386 e. The largest absolute Gasteiger partial charge is 0.481 e. The number of nitrogens with one attached hydrogen (secondary N) is 2. The van der Waals surface area contributed by atoms with Crippen LogP contribution in [0.3, 0.4) is 0 Å². The quantitative estimate of drug-likeness (QED) is 0.0438. The van der Waals surface area contributed by atoms with E-state index >= 15 is 0 Å². The first-order valence-electron chi connectivity index (χ1n) is 17.3. The highest BCUT2D eigenvalue weighted by Gasteiger charge is 2.50.